The molecule has 4 heteroatoms. The van der Waals surface area contributed by atoms with E-state index in [1.807, 2.05) is 0 Å². The molecule has 0 atom stereocenters. The third-order valence-corrected chi connectivity index (χ3v) is 2.08. The number of aromatic nitrogens is 2. The Hall–Kier alpha value is -1.06. The van der Waals surface area contributed by atoms with Crippen LogP contribution in [-0.2, 0) is 6.42 Å². The molecule has 1 aromatic heterocycles. The van der Waals surface area contributed by atoms with E-state index >= 15 is 0 Å². The first-order chi connectivity index (χ1) is 6.47. The second-order valence-corrected chi connectivity index (χ2v) is 4.81. The monoisotopic (exact) mass is 198 g/mol. The lowest BCUT2D eigenvalue weighted by Crippen LogP contribution is -2.04. The van der Waals surface area contributed by atoms with Gasteiger partial charge in [-0.05, 0) is 18.3 Å². The first-order valence-electron chi connectivity index (χ1n) is 5.02. The van der Waals surface area contributed by atoms with Crippen molar-refractivity contribution in [2.24, 2.45) is 5.41 Å². The predicted molar refractivity (Wildman–Crippen MR) is 54.1 cm³/mol. The number of unbranched alkanes of at least 4 members (excludes halogenated alkanes) is 1. The molecular weight excluding hydrogens is 180 g/mol. The first kappa shape index (κ1) is 11.0. The van der Waals surface area contributed by atoms with Gasteiger partial charge in [0.05, 0.1) is 0 Å². The van der Waals surface area contributed by atoms with E-state index in [2.05, 4.69) is 35.4 Å². The van der Waals surface area contributed by atoms with Crippen LogP contribution in [0.25, 0.3) is 0 Å². The molecule has 80 valence electrons. The lowest BCUT2D eigenvalue weighted by Gasteiger charge is -2.17. The van der Waals surface area contributed by atoms with Crippen molar-refractivity contribution in [2.75, 3.05) is 0 Å². The van der Waals surface area contributed by atoms with Gasteiger partial charge in [-0.1, -0.05) is 32.3 Å². The molecule has 0 aliphatic heterocycles. The zero-order valence-corrected chi connectivity index (χ0v) is 9.09. The van der Waals surface area contributed by atoms with Crippen molar-refractivity contribution in [1.29, 1.82) is 0 Å². The van der Waals surface area contributed by atoms with Crippen molar-refractivity contribution in [3.05, 3.63) is 16.4 Å². The van der Waals surface area contributed by atoms with Gasteiger partial charge in [-0.2, -0.15) is 0 Å². The number of nitrogens with zero attached hydrogens (tertiary/aromatic N) is 1. The van der Waals surface area contributed by atoms with Gasteiger partial charge < -0.3 is 0 Å². The number of aromatic amines is 1. The highest BCUT2D eigenvalue weighted by Gasteiger charge is 2.09. The van der Waals surface area contributed by atoms with Crippen LogP contribution in [0.2, 0.25) is 0 Å². The standard InChI is InChI=1S/C10H18N2O2/c1-10(2,3)7-5-4-6-8-11-9(13)14-12-8/h4-7H2,1-3H3,(H,11,12,13). The van der Waals surface area contributed by atoms with E-state index in [0.29, 0.717) is 11.2 Å². The van der Waals surface area contributed by atoms with E-state index in [0.717, 1.165) is 19.3 Å². The van der Waals surface area contributed by atoms with Crippen molar-refractivity contribution in [3.63, 3.8) is 0 Å². The number of H-pyrrole nitrogens is 1. The van der Waals surface area contributed by atoms with Gasteiger partial charge in [0, 0.05) is 6.42 Å². The fourth-order valence-corrected chi connectivity index (χ4v) is 1.32. The van der Waals surface area contributed by atoms with Gasteiger partial charge in [0.1, 0.15) is 0 Å². The van der Waals surface area contributed by atoms with E-state index in [4.69, 9.17) is 0 Å². The van der Waals surface area contributed by atoms with Gasteiger partial charge in [-0.25, -0.2) is 4.79 Å². The van der Waals surface area contributed by atoms with Crippen molar-refractivity contribution < 1.29 is 4.52 Å². The van der Waals surface area contributed by atoms with Crippen LogP contribution in [0.5, 0.6) is 0 Å². The lowest BCUT2D eigenvalue weighted by atomic mass is 9.89. The molecule has 0 aliphatic rings. The Labute approximate surface area is 83.7 Å². The maximum Gasteiger partial charge on any atom is 0.438 e. The summed E-state index contributed by atoms with van der Waals surface area (Å²) in [6.07, 6.45) is 4.18. The molecule has 0 unspecified atom stereocenters. The van der Waals surface area contributed by atoms with E-state index < -0.39 is 5.76 Å². The number of nitrogens with one attached hydrogen (secondary N) is 1. The third kappa shape index (κ3) is 4.25. The van der Waals surface area contributed by atoms with Crippen LogP contribution < -0.4 is 5.76 Å². The molecule has 0 aromatic carbocycles. The predicted octanol–water partition coefficient (Wildman–Crippen LogP) is 2.12. The molecule has 1 N–H and O–H groups in total. The Kier molecular flexibility index (Phi) is 3.49. The molecule has 0 radical (unpaired) electrons. The number of aryl methyl sites for hydroxylation is 1. The van der Waals surface area contributed by atoms with Gasteiger partial charge in [-0.3, -0.25) is 9.51 Å². The van der Waals surface area contributed by atoms with Crippen LogP contribution in [0, 0.1) is 5.41 Å². The Balaban J connectivity index is 2.19. The zero-order valence-electron chi connectivity index (χ0n) is 9.09. The minimum Gasteiger partial charge on any atom is -0.296 e. The average Bonchev–Trinajstić information content (AvgIpc) is 2.44. The van der Waals surface area contributed by atoms with Crippen LogP contribution in [-0.4, -0.2) is 10.1 Å². The van der Waals surface area contributed by atoms with E-state index in [9.17, 15) is 4.79 Å². The smallest absolute Gasteiger partial charge is 0.296 e. The highest BCUT2D eigenvalue weighted by Crippen LogP contribution is 2.21. The highest BCUT2D eigenvalue weighted by atomic mass is 16.5. The topological polar surface area (TPSA) is 58.9 Å². The minimum atomic E-state index is -0.462. The first-order valence-corrected chi connectivity index (χ1v) is 5.02. The largest absolute Gasteiger partial charge is 0.438 e. The Bertz CT molecular complexity index is 319. The summed E-state index contributed by atoms with van der Waals surface area (Å²) >= 11 is 0. The molecule has 0 bridgehead atoms. The number of rotatable bonds is 4. The van der Waals surface area contributed by atoms with Gasteiger partial charge in [0.25, 0.3) is 0 Å². The summed E-state index contributed by atoms with van der Waals surface area (Å²) in [5.74, 6) is 0.194. The van der Waals surface area contributed by atoms with Gasteiger partial charge >= 0.3 is 5.76 Å². The quantitative estimate of drug-likeness (QED) is 0.754. The Morgan fingerprint density at radius 3 is 2.57 bits per heavy atom. The van der Waals surface area contributed by atoms with Crippen molar-refractivity contribution in [2.45, 2.75) is 46.5 Å². The molecule has 0 saturated heterocycles. The molecule has 1 rings (SSSR count). The molecule has 14 heavy (non-hydrogen) atoms. The van der Waals surface area contributed by atoms with E-state index in [1.165, 1.54) is 6.42 Å². The maximum absolute atomic E-state index is 10.6. The van der Waals surface area contributed by atoms with Gasteiger partial charge in [0.2, 0.25) is 0 Å². The van der Waals surface area contributed by atoms with E-state index in [-0.39, 0.29) is 0 Å². The van der Waals surface area contributed by atoms with Crippen molar-refractivity contribution in [1.82, 2.24) is 10.1 Å². The molecule has 0 spiro atoms. The molecule has 0 fully saturated rings. The summed E-state index contributed by atoms with van der Waals surface area (Å²) in [7, 11) is 0. The second-order valence-electron chi connectivity index (χ2n) is 4.81. The van der Waals surface area contributed by atoms with Gasteiger partial charge in [0.15, 0.2) is 5.82 Å². The van der Waals surface area contributed by atoms with Crippen LogP contribution in [0.15, 0.2) is 9.32 Å². The molecule has 0 saturated carbocycles. The Morgan fingerprint density at radius 2 is 2.07 bits per heavy atom. The molecule has 0 amide bonds. The average molecular weight is 198 g/mol. The molecule has 4 nitrogen and oxygen atoms in total. The summed E-state index contributed by atoms with van der Waals surface area (Å²) in [5.41, 5.74) is 0.386. The van der Waals surface area contributed by atoms with E-state index in [1.54, 1.807) is 0 Å². The third-order valence-electron chi connectivity index (χ3n) is 2.08. The summed E-state index contributed by atoms with van der Waals surface area (Å²) < 4.78 is 4.40. The van der Waals surface area contributed by atoms with Crippen molar-refractivity contribution >= 4 is 0 Å². The molecular formula is C10H18N2O2. The summed E-state index contributed by atoms with van der Waals surface area (Å²) in [5, 5.41) is 3.61. The van der Waals surface area contributed by atoms with Gasteiger partial charge in [-0.15, -0.1) is 0 Å². The molecule has 1 heterocycles. The van der Waals surface area contributed by atoms with Crippen LogP contribution in [0.1, 0.15) is 45.9 Å². The van der Waals surface area contributed by atoms with Crippen LogP contribution in [0.4, 0.5) is 0 Å². The minimum absolute atomic E-state index is 0.386. The molecule has 1 aromatic rings. The lowest BCUT2D eigenvalue weighted by molar-refractivity contribution is 0.357. The van der Waals surface area contributed by atoms with Crippen LogP contribution in [0.3, 0.4) is 0 Å². The zero-order chi connectivity index (χ0) is 10.6. The second kappa shape index (κ2) is 4.44. The Morgan fingerprint density at radius 1 is 1.36 bits per heavy atom. The fourth-order valence-electron chi connectivity index (χ4n) is 1.32. The number of hydrogen-bond acceptors (Lipinski definition) is 3. The summed E-state index contributed by atoms with van der Waals surface area (Å²) in [4.78, 5) is 13.1. The number of hydrogen-bond donors (Lipinski definition) is 1. The maximum atomic E-state index is 10.6. The van der Waals surface area contributed by atoms with Crippen molar-refractivity contribution in [3.8, 4) is 0 Å². The SMILES string of the molecule is CC(C)(C)CCCCc1noc(=O)[nH]1. The summed E-state index contributed by atoms with van der Waals surface area (Å²) in [6.45, 7) is 6.68. The normalized spacial score (nSPS) is 11.9. The molecule has 0 aliphatic carbocycles. The fraction of sp³-hybridized carbons (Fsp3) is 0.800. The summed E-state index contributed by atoms with van der Waals surface area (Å²) in [6, 6.07) is 0. The van der Waals surface area contributed by atoms with Crippen LogP contribution >= 0.6 is 0 Å². The highest BCUT2D eigenvalue weighted by molar-refractivity contribution is 4.78.